The Morgan fingerprint density at radius 3 is 2.07 bits per heavy atom. The number of hydrogen-bond donors (Lipinski definition) is 4. The van der Waals surface area contributed by atoms with Crippen molar-refractivity contribution >= 4 is 45.3 Å². The van der Waals surface area contributed by atoms with Gasteiger partial charge < -0.3 is 21.5 Å². The molecule has 0 radical (unpaired) electrons. The van der Waals surface area contributed by atoms with E-state index in [4.69, 9.17) is 5.73 Å². The predicted molar refractivity (Wildman–Crippen MR) is 106 cm³/mol. The van der Waals surface area contributed by atoms with Gasteiger partial charge in [0.2, 0.25) is 11.8 Å². The number of amides is 2. The van der Waals surface area contributed by atoms with Gasteiger partial charge in [0.1, 0.15) is 12.1 Å². The Labute approximate surface area is 160 Å². The van der Waals surface area contributed by atoms with Crippen LogP contribution in [0.25, 0.3) is 21.8 Å². The molecule has 28 heavy (non-hydrogen) atoms. The van der Waals surface area contributed by atoms with Crippen LogP contribution in [0.1, 0.15) is 13.3 Å². The number of carboxylic acids is 1. The topological polar surface area (TPSA) is 134 Å². The van der Waals surface area contributed by atoms with Crippen LogP contribution in [-0.4, -0.2) is 40.0 Å². The van der Waals surface area contributed by atoms with Crippen molar-refractivity contribution in [1.82, 2.24) is 10.3 Å². The molecule has 5 N–H and O–H groups in total. The molecule has 1 heterocycles. The minimum atomic E-state index is -1.37. The maximum absolute atomic E-state index is 12.5. The van der Waals surface area contributed by atoms with E-state index in [2.05, 4.69) is 15.6 Å². The predicted octanol–water partition coefficient (Wildman–Crippen LogP) is 1.63. The summed E-state index contributed by atoms with van der Waals surface area (Å²) in [5.41, 5.74) is 7.33. The Balaban J connectivity index is 1.91. The number of aliphatic carboxylic acids is 1. The summed E-state index contributed by atoms with van der Waals surface area (Å²) < 4.78 is 0. The maximum Gasteiger partial charge on any atom is 0.326 e. The minimum Gasteiger partial charge on any atom is -0.480 e. The second-order valence-electron chi connectivity index (χ2n) is 6.46. The molecule has 2 amide bonds. The number of nitrogens with one attached hydrogen (secondary N) is 2. The standard InChI is InChI=1S/C20H20N4O4/c1-11(19(26)24-16(20(27)28)10-17(21)25)22-18-12-6-2-4-8-14(12)23-15-9-5-3-7-13(15)18/h2-9,11,16H,10H2,1H3,(H2,21,25)(H,22,23)(H,24,26)(H,27,28). The molecule has 8 nitrogen and oxygen atoms in total. The summed E-state index contributed by atoms with van der Waals surface area (Å²) in [5.74, 6) is -2.68. The lowest BCUT2D eigenvalue weighted by Gasteiger charge is -2.20. The van der Waals surface area contributed by atoms with E-state index < -0.39 is 36.3 Å². The molecule has 2 aromatic carbocycles. The number of para-hydroxylation sites is 2. The lowest BCUT2D eigenvalue weighted by Crippen LogP contribution is -2.48. The van der Waals surface area contributed by atoms with Crippen LogP contribution in [0, 0.1) is 0 Å². The average molecular weight is 380 g/mol. The summed E-state index contributed by atoms with van der Waals surface area (Å²) in [6.07, 6.45) is -0.477. The highest BCUT2D eigenvalue weighted by Gasteiger charge is 2.25. The number of carbonyl (C=O) groups is 3. The van der Waals surface area contributed by atoms with E-state index in [0.717, 1.165) is 27.5 Å². The number of benzene rings is 2. The summed E-state index contributed by atoms with van der Waals surface area (Å²) in [7, 11) is 0. The third-order valence-electron chi connectivity index (χ3n) is 4.36. The van der Waals surface area contributed by atoms with E-state index in [-0.39, 0.29) is 0 Å². The molecule has 3 rings (SSSR count). The minimum absolute atomic E-state index is 0.477. The first kappa shape index (κ1) is 19.1. The molecular formula is C20H20N4O4. The van der Waals surface area contributed by atoms with Gasteiger partial charge in [-0.25, -0.2) is 9.78 Å². The summed E-state index contributed by atoms with van der Waals surface area (Å²) in [6.45, 7) is 1.61. The van der Waals surface area contributed by atoms with Gasteiger partial charge in [-0.3, -0.25) is 9.59 Å². The molecule has 2 unspecified atom stereocenters. The highest BCUT2D eigenvalue weighted by atomic mass is 16.4. The molecule has 0 aliphatic carbocycles. The number of fused-ring (bicyclic) bond motifs is 2. The number of rotatable bonds is 7. The Kier molecular flexibility index (Phi) is 5.39. The van der Waals surface area contributed by atoms with Crippen molar-refractivity contribution in [1.29, 1.82) is 0 Å². The van der Waals surface area contributed by atoms with Crippen molar-refractivity contribution in [2.24, 2.45) is 5.73 Å². The zero-order chi connectivity index (χ0) is 20.3. The van der Waals surface area contributed by atoms with Crippen LogP contribution in [0.2, 0.25) is 0 Å². The first-order valence-electron chi connectivity index (χ1n) is 8.72. The molecule has 144 valence electrons. The van der Waals surface area contributed by atoms with Gasteiger partial charge in [-0.2, -0.15) is 0 Å². The number of aromatic nitrogens is 1. The van der Waals surface area contributed by atoms with Crippen molar-refractivity contribution < 1.29 is 19.5 Å². The number of pyridine rings is 1. The van der Waals surface area contributed by atoms with Crippen molar-refractivity contribution in [2.45, 2.75) is 25.4 Å². The Bertz CT molecular complexity index is 1010. The fraction of sp³-hybridized carbons (Fsp3) is 0.200. The normalized spacial score (nSPS) is 13.0. The molecule has 3 aromatic rings. The highest BCUT2D eigenvalue weighted by molar-refractivity contribution is 6.08. The summed E-state index contributed by atoms with van der Waals surface area (Å²) in [5, 5.41) is 16.4. The van der Waals surface area contributed by atoms with E-state index in [9.17, 15) is 19.5 Å². The van der Waals surface area contributed by atoms with Gasteiger partial charge in [-0.15, -0.1) is 0 Å². The number of primary amides is 1. The maximum atomic E-state index is 12.5. The molecule has 0 bridgehead atoms. The smallest absolute Gasteiger partial charge is 0.326 e. The van der Waals surface area contributed by atoms with Crippen molar-refractivity contribution in [3.05, 3.63) is 48.5 Å². The van der Waals surface area contributed by atoms with Crippen LogP contribution in [0.5, 0.6) is 0 Å². The zero-order valence-corrected chi connectivity index (χ0v) is 15.2. The van der Waals surface area contributed by atoms with Crippen LogP contribution in [-0.2, 0) is 14.4 Å². The molecule has 0 aliphatic rings. The Morgan fingerprint density at radius 2 is 1.57 bits per heavy atom. The highest BCUT2D eigenvalue weighted by Crippen LogP contribution is 2.31. The fourth-order valence-corrected chi connectivity index (χ4v) is 2.98. The molecule has 0 saturated heterocycles. The van der Waals surface area contributed by atoms with Gasteiger partial charge in [0.15, 0.2) is 0 Å². The average Bonchev–Trinajstić information content (AvgIpc) is 2.66. The molecule has 8 heteroatoms. The molecule has 0 fully saturated rings. The number of nitrogens with two attached hydrogens (primary N) is 1. The number of anilines is 1. The van der Waals surface area contributed by atoms with Crippen LogP contribution in [0.15, 0.2) is 48.5 Å². The first-order valence-corrected chi connectivity index (χ1v) is 8.72. The number of carbonyl (C=O) groups excluding carboxylic acids is 2. The Morgan fingerprint density at radius 1 is 1.04 bits per heavy atom. The molecule has 2 atom stereocenters. The van der Waals surface area contributed by atoms with Gasteiger partial charge >= 0.3 is 5.97 Å². The van der Waals surface area contributed by atoms with Gasteiger partial charge in [0.05, 0.1) is 23.1 Å². The molecular weight excluding hydrogens is 360 g/mol. The molecule has 0 saturated carbocycles. The number of nitrogens with zero attached hydrogens (tertiary/aromatic N) is 1. The largest absolute Gasteiger partial charge is 0.480 e. The lowest BCUT2D eigenvalue weighted by atomic mass is 10.1. The number of carboxylic acid groups (broad SMARTS) is 1. The molecule has 0 aliphatic heterocycles. The zero-order valence-electron chi connectivity index (χ0n) is 15.2. The summed E-state index contributed by atoms with van der Waals surface area (Å²) in [6, 6.07) is 12.9. The quantitative estimate of drug-likeness (QED) is 0.460. The van der Waals surface area contributed by atoms with E-state index in [0.29, 0.717) is 0 Å². The summed E-state index contributed by atoms with van der Waals surface area (Å²) in [4.78, 5) is 39.4. The Hall–Kier alpha value is -3.68. The van der Waals surface area contributed by atoms with E-state index >= 15 is 0 Å². The van der Waals surface area contributed by atoms with Crippen LogP contribution < -0.4 is 16.4 Å². The third kappa shape index (κ3) is 4.01. The molecule has 1 aromatic heterocycles. The van der Waals surface area contributed by atoms with E-state index in [1.165, 1.54) is 0 Å². The van der Waals surface area contributed by atoms with Gasteiger partial charge in [0.25, 0.3) is 0 Å². The second kappa shape index (κ2) is 7.91. The van der Waals surface area contributed by atoms with Gasteiger partial charge in [0, 0.05) is 10.8 Å². The van der Waals surface area contributed by atoms with Crippen LogP contribution in [0.3, 0.4) is 0 Å². The lowest BCUT2D eigenvalue weighted by molar-refractivity contribution is -0.143. The van der Waals surface area contributed by atoms with E-state index in [1.807, 2.05) is 48.5 Å². The van der Waals surface area contributed by atoms with Crippen LogP contribution in [0.4, 0.5) is 5.69 Å². The van der Waals surface area contributed by atoms with Gasteiger partial charge in [-0.05, 0) is 19.1 Å². The third-order valence-corrected chi connectivity index (χ3v) is 4.36. The first-order chi connectivity index (χ1) is 13.4. The van der Waals surface area contributed by atoms with E-state index in [1.54, 1.807) is 6.92 Å². The van der Waals surface area contributed by atoms with Crippen molar-refractivity contribution in [2.75, 3.05) is 5.32 Å². The fourth-order valence-electron chi connectivity index (χ4n) is 2.98. The van der Waals surface area contributed by atoms with Crippen LogP contribution >= 0.6 is 0 Å². The van der Waals surface area contributed by atoms with Crippen molar-refractivity contribution in [3.63, 3.8) is 0 Å². The number of hydrogen-bond acceptors (Lipinski definition) is 5. The summed E-state index contributed by atoms with van der Waals surface area (Å²) >= 11 is 0. The molecule has 0 spiro atoms. The monoisotopic (exact) mass is 380 g/mol. The SMILES string of the molecule is CC(Nc1c2ccccc2nc2ccccc12)C(=O)NC(CC(N)=O)C(=O)O. The van der Waals surface area contributed by atoms with Gasteiger partial charge in [-0.1, -0.05) is 36.4 Å². The van der Waals surface area contributed by atoms with Crippen molar-refractivity contribution in [3.8, 4) is 0 Å². The second-order valence-corrected chi connectivity index (χ2v) is 6.46.